The predicted molar refractivity (Wildman–Crippen MR) is 127 cm³/mol. The summed E-state index contributed by atoms with van der Waals surface area (Å²) in [7, 11) is 0. The lowest BCUT2D eigenvalue weighted by molar-refractivity contribution is -0.150. The maximum absolute atomic E-state index is 12.6. The standard InChI is InChI=1S/C24H27ClN2O4S/c1-32-14-13-21(27-23(29)17-9-11-18(25)12-10-17)24(30)31-15-22(28)26-20-8-4-6-16-5-2-3-7-19(16)20/h2-3,5,7,9-12,20-21H,4,6,8,13-15H2,1H3,(H,26,28)(H,27,29). The van der Waals surface area contributed by atoms with Crippen molar-refractivity contribution in [3.63, 3.8) is 0 Å². The van der Waals surface area contributed by atoms with Crippen molar-refractivity contribution in [3.8, 4) is 0 Å². The molecule has 0 heterocycles. The predicted octanol–water partition coefficient (Wildman–Crippen LogP) is 3.93. The zero-order valence-electron chi connectivity index (χ0n) is 17.9. The number of aryl methyl sites for hydroxylation is 1. The number of esters is 1. The fourth-order valence-corrected chi connectivity index (χ4v) is 4.30. The molecule has 170 valence electrons. The molecule has 0 saturated carbocycles. The van der Waals surface area contributed by atoms with Gasteiger partial charge in [-0.3, -0.25) is 9.59 Å². The van der Waals surface area contributed by atoms with Crippen molar-refractivity contribution in [1.82, 2.24) is 10.6 Å². The van der Waals surface area contributed by atoms with Crippen LogP contribution in [0.5, 0.6) is 0 Å². The number of ether oxygens (including phenoxy) is 1. The van der Waals surface area contributed by atoms with Crippen molar-refractivity contribution in [2.45, 2.75) is 37.8 Å². The largest absolute Gasteiger partial charge is 0.454 e. The molecule has 2 aromatic rings. The number of carbonyl (C=O) groups is 3. The average molecular weight is 475 g/mol. The first-order valence-corrected chi connectivity index (χ1v) is 12.3. The molecule has 6 nitrogen and oxygen atoms in total. The SMILES string of the molecule is CSCCC(NC(=O)c1ccc(Cl)cc1)C(=O)OCC(=O)NC1CCCc2ccccc21. The molecule has 1 aliphatic carbocycles. The van der Waals surface area contributed by atoms with Gasteiger partial charge in [-0.25, -0.2) is 4.79 Å². The van der Waals surface area contributed by atoms with Crippen molar-refractivity contribution in [1.29, 1.82) is 0 Å². The zero-order valence-corrected chi connectivity index (χ0v) is 19.5. The maximum atomic E-state index is 12.6. The number of benzene rings is 2. The number of thioether (sulfide) groups is 1. The van der Waals surface area contributed by atoms with Crippen LogP contribution in [0.2, 0.25) is 5.02 Å². The molecular formula is C24H27ClN2O4S. The van der Waals surface area contributed by atoms with Crippen LogP contribution >= 0.6 is 23.4 Å². The van der Waals surface area contributed by atoms with Crippen LogP contribution in [-0.2, 0) is 20.7 Å². The van der Waals surface area contributed by atoms with Crippen molar-refractivity contribution >= 4 is 41.1 Å². The molecule has 2 atom stereocenters. The third-order valence-electron chi connectivity index (χ3n) is 5.36. The summed E-state index contributed by atoms with van der Waals surface area (Å²) in [5, 5.41) is 6.19. The van der Waals surface area contributed by atoms with Crippen molar-refractivity contribution in [3.05, 3.63) is 70.2 Å². The average Bonchev–Trinajstić information content (AvgIpc) is 2.80. The van der Waals surface area contributed by atoms with E-state index in [0.717, 1.165) is 24.8 Å². The van der Waals surface area contributed by atoms with Gasteiger partial charge in [0, 0.05) is 10.6 Å². The second-order valence-corrected chi connectivity index (χ2v) is 9.06. The number of amides is 2. The lowest BCUT2D eigenvalue weighted by Crippen LogP contribution is -2.43. The Kier molecular flexibility index (Phi) is 9.00. The van der Waals surface area contributed by atoms with E-state index in [1.807, 2.05) is 24.5 Å². The van der Waals surface area contributed by atoms with Crippen molar-refractivity contribution < 1.29 is 19.1 Å². The van der Waals surface area contributed by atoms with E-state index in [0.29, 0.717) is 22.8 Å². The van der Waals surface area contributed by atoms with Crippen molar-refractivity contribution in [2.75, 3.05) is 18.6 Å². The summed E-state index contributed by atoms with van der Waals surface area (Å²) in [5.41, 5.74) is 2.75. The van der Waals surface area contributed by atoms with Gasteiger partial charge < -0.3 is 15.4 Å². The number of hydrogen-bond acceptors (Lipinski definition) is 5. The van der Waals surface area contributed by atoms with Gasteiger partial charge in [-0.15, -0.1) is 0 Å². The molecule has 2 unspecified atom stereocenters. The van der Waals surface area contributed by atoms with Gasteiger partial charge in [0.15, 0.2) is 6.61 Å². The number of fused-ring (bicyclic) bond motifs is 1. The van der Waals surface area contributed by atoms with Crippen LogP contribution in [-0.4, -0.2) is 42.4 Å². The van der Waals surface area contributed by atoms with Gasteiger partial charge in [0.05, 0.1) is 6.04 Å². The van der Waals surface area contributed by atoms with Crippen LogP contribution in [0.3, 0.4) is 0 Å². The first-order chi connectivity index (χ1) is 15.5. The topological polar surface area (TPSA) is 84.5 Å². The highest BCUT2D eigenvalue weighted by Crippen LogP contribution is 2.29. The van der Waals surface area contributed by atoms with Crippen LogP contribution in [0.25, 0.3) is 0 Å². The molecule has 0 aromatic heterocycles. The quantitative estimate of drug-likeness (QED) is 0.538. The Labute approximate surface area is 197 Å². The van der Waals surface area contributed by atoms with Crippen LogP contribution in [0.1, 0.15) is 46.8 Å². The van der Waals surface area contributed by atoms with Gasteiger partial charge in [-0.05, 0) is 73.1 Å². The van der Waals surface area contributed by atoms with Gasteiger partial charge in [0.25, 0.3) is 11.8 Å². The van der Waals surface area contributed by atoms with Gasteiger partial charge in [0.2, 0.25) is 0 Å². The van der Waals surface area contributed by atoms with Crippen LogP contribution in [0.4, 0.5) is 0 Å². The number of rotatable bonds is 9. The highest BCUT2D eigenvalue weighted by atomic mass is 35.5. The molecule has 0 aliphatic heterocycles. The Hall–Kier alpha value is -2.51. The highest BCUT2D eigenvalue weighted by Gasteiger charge is 2.25. The minimum atomic E-state index is -0.839. The van der Waals surface area contributed by atoms with E-state index in [1.165, 1.54) is 5.56 Å². The summed E-state index contributed by atoms with van der Waals surface area (Å²) in [6, 6.07) is 13.5. The number of carbonyl (C=O) groups excluding carboxylic acids is 3. The maximum Gasteiger partial charge on any atom is 0.329 e. The summed E-state index contributed by atoms with van der Waals surface area (Å²) >= 11 is 7.42. The molecule has 0 bridgehead atoms. The summed E-state index contributed by atoms with van der Waals surface area (Å²) in [6.07, 6.45) is 5.16. The fraction of sp³-hybridized carbons (Fsp3) is 0.375. The smallest absolute Gasteiger partial charge is 0.329 e. The van der Waals surface area contributed by atoms with E-state index in [2.05, 4.69) is 16.7 Å². The second kappa shape index (κ2) is 11.9. The van der Waals surface area contributed by atoms with E-state index in [9.17, 15) is 14.4 Å². The molecule has 0 fully saturated rings. The summed E-state index contributed by atoms with van der Waals surface area (Å²) in [4.78, 5) is 37.6. The fourth-order valence-electron chi connectivity index (χ4n) is 3.70. The van der Waals surface area contributed by atoms with Gasteiger partial charge in [-0.1, -0.05) is 35.9 Å². The Morgan fingerprint density at radius 3 is 2.66 bits per heavy atom. The Morgan fingerprint density at radius 1 is 1.16 bits per heavy atom. The lowest BCUT2D eigenvalue weighted by Gasteiger charge is -2.26. The molecule has 8 heteroatoms. The molecule has 2 amide bonds. The molecule has 0 radical (unpaired) electrons. The van der Waals surface area contributed by atoms with Crippen LogP contribution < -0.4 is 10.6 Å². The zero-order chi connectivity index (χ0) is 22.9. The van der Waals surface area contributed by atoms with E-state index in [-0.39, 0.29) is 18.6 Å². The number of halogens is 1. The van der Waals surface area contributed by atoms with E-state index < -0.39 is 17.9 Å². The van der Waals surface area contributed by atoms with Crippen molar-refractivity contribution in [2.24, 2.45) is 0 Å². The monoisotopic (exact) mass is 474 g/mol. The first kappa shape index (κ1) is 24.1. The highest BCUT2D eigenvalue weighted by molar-refractivity contribution is 7.98. The number of hydrogen-bond donors (Lipinski definition) is 2. The van der Waals surface area contributed by atoms with Crippen LogP contribution in [0, 0.1) is 0 Å². The Balaban J connectivity index is 1.54. The Bertz CT molecular complexity index is 951. The number of nitrogens with one attached hydrogen (secondary N) is 2. The van der Waals surface area contributed by atoms with Gasteiger partial charge in [0.1, 0.15) is 6.04 Å². The van der Waals surface area contributed by atoms with E-state index in [4.69, 9.17) is 16.3 Å². The van der Waals surface area contributed by atoms with E-state index >= 15 is 0 Å². The molecule has 1 aliphatic rings. The molecular weight excluding hydrogens is 448 g/mol. The van der Waals surface area contributed by atoms with Gasteiger partial charge in [-0.2, -0.15) is 11.8 Å². The molecule has 0 saturated heterocycles. The van der Waals surface area contributed by atoms with Crippen LogP contribution in [0.15, 0.2) is 48.5 Å². The third-order valence-corrected chi connectivity index (χ3v) is 6.25. The Morgan fingerprint density at radius 2 is 1.91 bits per heavy atom. The molecule has 3 rings (SSSR count). The summed E-state index contributed by atoms with van der Waals surface area (Å²) in [5.74, 6) is -0.715. The van der Waals surface area contributed by atoms with Gasteiger partial charge >= 0.3 is 5.97 Å². The second-order valence-electron chi connectivity index (χ2n) is 7.63. The molecule has 2 N–H and O–H groups in total. The molecule has 2 aromatic carbocycles. The molecule has 0 spiro atoms. The minimum Gasteiger partial charge on any atom is -0.454 e. The first-order valence-electron chi connectivity index (χ1n) is 10.6. The minimum absolute atomic E-state index is 0.0805. The summed E-state index contributed by atoms with van der Waals surface area (Å²) in [6.45, 7) is -0.385. The lowest BCUT2D eigenvalue weighted by atomic mass is 9.88. The van der Waals surface area contributed by atoms with E-state index in [1.54, 1.807) is 36.0 Å². The third kappa shape index (κ3) is 6.74. The summed E-state index contributed by atoms with van der Waals surface area (Å²) < 4.78 is 5.25. The molecule has 32 heavy (non-hydrogen) atoms. The normalized spacial score (nSPS) is 15.9.